The largest absolute Gasteiger partial charge is 0.480 e. The molecule has 7 nitrogen and oxygen atoms in total. The fourth-order valence-corrected chi connectivity index (χ4v) is 3.60. The zero-order valence-electron chi connectivity index (χ0n) is 12.3. The Morgan fingerprint density at radius 1 is 1.50 bits per heavy atom. The molecule has 20 heavy (non-hydrogen) atoms. The Kier molecular flexibility index (Phi) is 5.93. The zero-order chi connectivity index (χ0) is 15.4. The lowest BCUT2D eigenvalue weighted by molar-refractivity contribution is -0.139. The number of hydrogen-bond acceptors (Lipinski definition) is 4. The minimum Gasteiger partial charge on any atom is -0.480 e. The quantitative estimate of drug-likeness (QED) is 0.717. The van der Waals surface area contributed by atoms with Crippen molar-refractivity contribution in [1.82, 2.24) is 9.03 Å². The Hall–Kier alpha value is -0.700. The van der Waals surface area contributed by atoms with Crippen LogP contribution in [-0.2, 0) is 19.7 Å². The average Bonchev–Trinajstić information content (AvgIpc) is 2.32. The predicted octanol–water partition coefficient (Wildman–Crippen LogP) is 0.575. The summed E-state index contributed by atoms with van der Waals surface area (Å²) in [5.74, 6) is -1.14. The van der Waals surface area contributed by atoms with E-state index in [4.69, 9.17) is 9.84 Å². The van der Waals surface area contributed by atoms with Gasteiger partial charge in [-0.25, -0.2) is 0 Å². The van der Waals surface area contributed by atoms with Gasteiger partial charge in [-0.05, 0) is 20.3 Å². The van der Waals surface area contributed by atoms with Crippen LogP contribution in [0.4, 0.5) is 0 Å². The van der Waals surface area contributed by atoms with Crippen LogP contribution in [0.15, 0.2) is 0 Å². The van der Waals surface area contributed by atoms with Gasteiger partial charge >= 0.3 is 5.97 Å². The van der Waals surface area contributed by atoms with Gasteiger partial charge in [-0.2, -0.15) is 17.4 Å². The fourth-order valence-electron chi connectivity index (χ4n) is 2.07. The van der Waals surface area contributed by atoms with Crippen LogP contribution >= 0.6 is 0 Å². The first kappa shape index (κ1) is 17.4. The van der Waals surface area contributed by atoms with E-state index >= 15 is 0 Å². The van der Waals surface area contributed by atoms with Crippen molar-refractivity contribution in [3.8, 4) is 0 Å². The van der Waals surface area contributed by atoms with Crippen molar-refractivity contribution in [2.75, 3.05) is 19.7 Å². The summed E-state index contributed by atoms with van der Waals surface area (Å²) in [6.07, 6.45) is 1.77. The number of unbranched alkanes of at least 4 members (excludes halogenated alkanes) is 1. The van der Waals surface area contributed by atoms with Crippen molar-refractivity contribution in [2.45, 2.75) is 51.7 Å². The molecule has 0 aromatic carbocycles. The highest BCUT2D eigenvalue weighted by Gasteiger charge is 2.36. The van der Waals surface area contributed by atoms with Crippen molar-refractivity contribution in [2.24, 2.45) is 0 Å². The molecule has 1 atom stereocenters. The fraction of sp³-hybridized carbons (Fsp3) is 0.917. The highest BCUT2D eigenvalue weighted by molar-refractivity contribution is 7.87. The van der Waals surface area contributed by atoms with Crippen molar-refractivity contribution in [3.63, 3.8) is 0 Å². The normalized spacial score (nSPS) is 21.6. The van der Waals surface area contributed by atoms with E-state index in [1.165, 1.54) is 4.31 Å². The van der Waals surface area contributed by atoms with Crippen LogP contribution in [0, 0.1) is 0 Å². The first-order chi connectivity index (χ1) is 9.18. The van der Waals surface area contributed by atoms with E-state index in [1.807, 2.05) is 6.92 Å². The van der Waals surface area contributed by atoms with Crippen LogP contribution in [0.5, 0.6) is 0 Å². The minimum atomic E-state index is -3.81. The van der Waals surface area contributed by atoms with Crippen LogP contribution in [-0.4, -0.2) is 55.1 Å². The Balaban J connectivity index is 2.74. The van der Waals surface area contributed by atoms with Crippen LogP contribution in [0.25, 0.3) is 0 Å². The summed E-state index contributed by atoms with van der Waals surface area (Å²) < 4.78 is 33.5. The number of ether oxygens (including phenoxy) is 1. The Labute approximate surface area is 120 Å². The molecule has 1 fully saturated rings. The standard InChI is InChI=1S/C12H24N2O5S/c1-4-5-6-10(11(15)16)13-20(17,18)14-7-8-19-12(2,3)9-14/h10,13H,4-9H2,1-3H3,(H,15,16)/t10-/m0/s1. The van der Waals surface area contributed by atoms with Crippen LogP contribution in [0.1, 0.15) is 40.0 Å². The van der Waals surface area contributed by atoms with Gasteiger partial charge in [0.2, 0.25) is 0 Å². The molecule has 118 valence electrons. The third kappa shape index (κ3) is 5.01. The van der Waals surface area contributed by atoms with Gasteiger partial charge in [0.05, 0.1) is 12.2 Å². The third-order valence-electron chi connectivity index (χ3n) is 3.17. The Bertz CT molecular complexity index is 435. The van der Waals surface area contributed by atoms with Gasteiger partial charge in [-0.15, -0.1) is 0 Å². The molecule has 1 saturated heterocycles. The number of morpholine rings is 1. The van der Waals surface area contributed by atoms with E-state index in [0.717, 1.165) is 6.42 Å². The molecule has 0 aromatic heterocycles. The molecular weight excluding hydrogens is 284 g/mol. The van der Waals surface area contributed by atoms with Gasteiger partial charge in [0.25, 0.3) is 10.2 Å². The second kappa shape index (κ2) is 6.84. The van der Waals surface area contributed by atoms with Gasteiger partial charge in [0.15, 0.2) is 0 Å². The summed E-state index contributed by atoms with van der Waals surface area (Å²) in [6, 6.07) is -1.08. The molecule has 2 N–H and O–H groups in total. The summed E-state index contributed by atoms with van der Waals surface area (Å²) >= 11 is 0. The molecule has 1 aliphatic heterocycles. The van der Waals surface area contributed by atoms with Gasteiger partial charge in [0, 0.05) is 13.1 Å². The van der Waals surface area contributed by atoms with Crippen molar-refractivity contribution < 1.29 is 23.1 Å². The number of nitrogens with zero attached hydrogens (tertiary/aromatic N) is 1. The average molecular weight is 308 g/mol. The second-order valence-electron chi connectivity index (χ2n) is 5.60. The molecule has 0 spiro atoms. The number of nitrogens with one attached hydrogen (secondary N) is 1. The number of carboxylic acids is 1. The maximum absolute atomic E-state index is 12.2. The smallest absolute Gasteiger partial charge is 0.321 e. The molecule has 0 bridgehead atoms. The van der Waals surface area contributed by atoms with E-state index in [1.54, 1.807) is 13.8 Å². The second-order valence-corrected chi connectivity index (χ2v) is 7.30. The summed E-state index contributed by atoms with van der Waals surface area (Å²) in [5, 5.41) is 9.09. The van der Waals surface area contributed by atoms with E-state index in [2.05, 4.69) is 4.72 Å². The summed E-state index contributed by atoms with van der Waals surface area (Å²) in [6.45, 7) is 6.29. The van der Waals surface area contributed by atoms with Crippen LogP contribution in [0.3, 0.4) is 0 Å². The topological polar surface area (TPSA) is 95.9 Å². The van der Waals surface area contributed by atoms with Crippen molar-refractivity contribution in [1.29, 1.82) is 0 Å². The molecule has 8 heteroatoms. The molecule has 0 aliphatic carbocycles. The molecular formula is C12H24N2O5S. The number of carbonyl (C=O) groups is 1. The van der Waals surface area contributed by atoms with E-state index in [-0.39, 0.29) is 13.1 Å². The number of carboxylic acid groups (broad SMARTS) is 1. The summed E-state index contributed by atoms with van der Waals surface area (Å²) in [7, 11) is -3.81. The van der Waals surface area contributed by atoms with E-state index < -0.39 is 27.8 Å². The van der Waals surface area contributed by atoms with E-state index in [9.17, 15) is 13.2 Å². The highest BCUT2D eigenvalue weighted by atomic mass is 32.2. The maximum Gasteiger partial charge on any atom is 0.321 e. The molecule has 0 unspecified atom stereocenters. The molecule has 0 aromatic rings. The van der Waals surface area contributed by atoms with Gasteiger partial charge in [0.1, 0.15) is 6.04 Å². The molecule has 1 heterocycles. The van der Waals surface area contributed by atoms with Gasteiger partial charge in [-0.1, -0.05) is 19.8 Å². The molecule has 0 saturated carbocycles. The van der Waals surface area contributed by atoms with E-state index in [0.29, 0.717) is 19.4 Å². The predicted molar refractivity (Wildman–Crippen MR) is 74.6 cm³/mol. The van der Waals surface area contributed by atoms with Gasteiger partial charge < -0.3 is 9.84 Å². The van der Waals surface area contributed by atoms with Crippen LogP contribution < -0.4 is 4.72 Å². The lowest BCUT2D eigenvalue weighted by atomic mass is 10.1. The number of aliphatic carboxylic acids is 1. The number of hydrogen-bond donors (Lipinski definition) is 2. The summed E-state index contributed by atoms with van der Waals surface area (Å²) in [5.41, 5.74) is -0.560. The third-order valence-corrected chi connectivity index (χ3v) is 4.74. The molecule has 0 radical (unpaired) electrons. The van der Waals surface area contributed by atoms with Crippen molar-refractivity contribution in [3.05, 3.63) is 0 Å². The first-order valence-electron chi connectivity index (χ1n) is 6.82. The lowest BCUT2D eigenvalue weighted by Crippen LogP contribution is -2.56. The Morgan fingerprint density at radius 2 is 2.15 bits per heavy atom. The highest BCUT2D eigenvalue weighted by Crippen LogP contribution is 2.18. The molecule has 1 rings (SSSR count). The van der Waals surface area contributed by atoms with Crippen LogP contribution in [0.2, 0.25) is 0 Å². The zero-order valence-corrected chi connectivity index (χ0v) is 13.1. The SMILES string of the molecule is CCCC[C@H](NS(=O)(=O)N1CCOC(C)(C)C1)C(=O)O. The number of rotatable bonds is 7. The van der Waals surface area contributed by atoms with Crippen molar-refractivity contribution >= 4 is 16.2 Å². The summed E-state index contributed by atoms with van der Waals surface area (Å²) in [4.78, 5) is 11.1. The first-order valence-corrected chi connectivity index (χ1v) is 8.26. The molecule has 1 aliphatic rings. The Morgan fingerprint density at radius 3 is 2.65 bits per heavy atom. The lowest BCUT2D eigenvalue weighted by Gasteiger charge is -2.37. The van der Waals surface area contributed by atoms with Gasteiger partial charge in [-0.3, -0.25) is 4.79 Å². The maximum atomic E-state index is 12.2. The minimum absolute atomic E-state index is 0.211. The monoisotopic (exact) mass is 308 g/mol. The molecule has 0 amide bonds.